The van der Waals surface area contributed by atoms with Crippen LogP contribution in [0.5, 0.6) is 0 Å². The van der Waals surface area contributed by atoms with Crippen LogP contribution in [0.3, 0.4) is 0 Å². The Morgan fingerprint density at radius 1 is 0.970 bits per heavy atom. The Morgan fingerprint density at radius 2 is 1.70 bits per heavy atom. The van der Waals surface area contributed by atoms with Crippen LogP contribution >= 0.6 is 12.2 Å². The number of aryl methyl sites for hydroxylation is 1. The number of thiocarbonyl (C=S) groups is 1. The summed E-state index contributed by atoms with van der Waals surface area (Å²) < 4.78 is 16.0. The van der Waals surface area contributed by atoms with E-state index in [-0.39, 0.29) is 17.9 Å². The maximum absolute atomic E-state index is 13.7. The molecule has 0 bridgehead atoms. The number of nitrogens with one attached hydrogen (secondary N) is 1. The van der Waals surface area contributed by atoms with Crippen molar-refractivity contribution >= 4 is 23.0 Å². The van der Waals surface area contributed by atoms with Crippen LogP contribution in [0, 0.1) is 19.7 Å². The van der Waals surface area contributed by atoms with E-state index >= 15 is 0 Å². The average molecular weight is 457 g/mol. The molecule has 4 nitrogen and oxygen atoms in total. The fourth-order valence-electron chi connectivity index (χ4n) is 4.69. The first-order valence-electron chi connectivity index (χ1n) is 11.0. The molecule has 6 heteroatoms. The molecule has 0 spiro atoms. The molecule has 1 saturated heterocycles. The summed E-state index contributed by atoms with van der Waals surface area (Å²) in [6, 6.07) is 24.9. The van der Waals surface area contributed by atoms with Gasteiger partial charge in [0, 0.05) is 29.8 Å². The molecule has 0 saturated carbocycles. The van der Waals surface area contributed by atoms with Crippen molar-refractivity contribution in [3.8, 4) is 0 Å². The largest absolute Gasteiger partial charge is 0.351 e. The number of halogens is 1. The molecule has 166 valence electrons. The molecule has 0 unspecified atom stereocenters. The Bertz CT molecular complexity index is 1270. The van der Waals surface area contributed by atoms with Gasteiger partial charge in [0.25, 0.3) is 0 Å². The normalized spacial score (nSPS) is 17.9. The lowest BCUT2D eigenvalue weighted by Crippen LogP contribution is -2.29. The van der Waals surface area contributed by atoms with Gasteiger partial charge in [-0.05, 0) is 79.7 Å². The highest BCUT2D eigenvalue weighted by Crippen LogP contribution is 2.43. The minimum absolute atomic E-state index is 0.117. The SMILES string of the molecule is Cc1cc([C@H]2[C@@H](c3ccccn3)NC(=S)N2c2ccc(F)cc2)c(C)n1Cc1ccccc1. The molecule has 0 aliphatic carbocycles. The summed E-state index contributed by atoms with van der Waals surface area (Å²) >= 11 is 5.78. The summed E-state index contributed by atoms with van der Waals surface area (Å²) in [5.74, 6) is -0.268. The Kier molecular flexibility index (Phi) is 5.68. The Morgan fingerprint density at radius 3 is 2.39 bits per heavy atom. The fourth-order valence-corrected chi connectivity index (χ4v) is 5.03. The van der Waals surface area contributed by atoms with Gasteiger partial charge in [-0.15, -0.1) is 0 Å². The van der Waals surface area contributed by atoms with Crippen LogP contribution < -0.4 is 10.2 Å². The van der Waals surface area contributed by atoms with Gasteiger partial charge in [-0.3, -0.25) is 4.98 Å². The van der Waals surface area contributed by atoms with E-state index in [1.54, 1.807) is 18.3 Å². The molecule has 3 heterocycles. The third-order valence-electron chi connectivity index (χ3n) is 6.32. The van der Waals surface area contributed by atoms with Crippen LogP contribution in [0.1, 0.15) is 40.3 Å². The number of anilines is 1. The standard InChI is InChI=1S/C27H25FN4S/c1-18-16-23(19(2)31(18)17-20-8-4-3-5-9-20)26-25(24-10-6-7-15-29-24)30-27(33)32(26)22-13-11-21(28)12-14-22/h3-16,25-26H,17H2,1-2H3,(H,30,33)/t25-,26+/m1/s1. The summed E-state index contributed by atoms with van der Waals surface area (Å²) in [7, 11) is 0. The van der Waals surface area contributed by atoms with E-state index < -0.39 is 0 Å². The molecule has 0 radical (unpaired) electrons. The first-order chi connectivity index (χ1) is 16.0. The van der Waals surface area contributed by atoms with Crippen molar-refractivity contribution in [1.82, 2.24) is 14.9 Å². The first kappa shape index (κ1) is 21.3. The number of benzene rings is 2. The fraction of sp³-hybridized carbons (Fsp3) is 0.185. The zero-order valence-corrected chi connectivity index (χ0v) is 19.4. The molecule has 1 aliphatic heterocycles. The predicted molar refractivity (Wildman–Crippen MR) is 134 cm³/mol. The van der Waals surface area contributed by atoms with Gasteiger partial charge in [0.15, 0.2) is 5.11 Å². The van der Waals surface area contributed by atoms with Gasteiger partial charge in [-0.2, -0.15) is 0 Å². The van der Waals surface area contributed by atoms with Crippen LogP contribution in [0.15, 0.2) is 85.1 Å². The molecule has 4 aromatic rings. The topological polar surface area (TPSA) is 33.1 Å². The molecule has 33 heavy (non-hydrogen) atoms. The average Bonchev–Trinajstić information content (AvgIpc) is 3.32. The Labute approximate surface area is 198 Å². The van der Waals surface area contributed by atoms with Crippen LogP contribution in [0.4, 0.5) is 10.1 Å². The zero-order valence-electron chi connectivity index (χ0n) is 18.6. The van der Waals surface area contributed by atoms with E-state index in [2.05, 4.69) is 63.9 Å². The maximum Gasteiger partial charge on any atom is 0.174 e. The van der Waals surface area contributed by atoms with Crippen LogP contribution in [-0.2, 0) is 6.54 Å². The van der Waals surface area contributed by atoms with Gasteiger partial charge in [-0.25, -0.2) is 4.39 Å². The number of hydrogen-bond donors (Lipinski definition) is 1. The third-order valence-corrected chi connectivity index (χ3v) is 6.63. The molecule has 0 amide bonds. The minimum atomic E-state index is -0.268. The van der Waals surface area contributed by atoms with Crippen molar-refractivity contribution in [2.45, 2.75) is 32.5 Å². The van der Waals surface area contributed by atoms with Crippen molar-refractivity contribution in [3.05, 3.63) is 119 Å². The molecule has 5 rings (SSSR count). The summed E-state index contributed by atoms with van der Waals surface area (Å²) in [6.07, 6.45) is 1.80. The van der Waals surface area contributed by atoms with E-state index in [1.165, 1.54) is 34.6 Å². The van der Waals surface area contributed by atoms with Crippen molar-refractivity contribution in [2.75, 3.05) is 4.90 Å². The number of rotatable bonds is 5. The molecule has 1 aliphatic rings. The number of nitrogens with zero attached hydrogens (tertiary/aromatic N) is 3. The second-order valence-corrected chi connectivity index (χ2v) is 8.76. The molecule has 2 aromatic carbocycles. The summed E-state index contributed by atoms with van der Waals surface area (Å²) in [5, 5.41) is 4.09. The van der Waals surface area contributed by atoms with Gasteiger partial charge in [0.2, 0.25) is 0 Å². The highest BCUT2D eigenvalue weighted by Gasteiger charge is 2.42. The van der Waals surface area contributed by atoms with Crippen molar-refractivity contribution in [3.63, 3.8) is 0 Å². The zero-order chi connectivity index (χ0) is 22.9. The lowest BCUT2D eigenvalue weighted by atomic mass is 9.96. The van der Waals surface area contributed by atoms with Crippen molar-refractivity contribution in [1.29, 1.82) is 0 Å². The van der Waals surface area contributed by atoms with Crippen LogP contribution in [-0.4, -0.2) is 14.7 Å². The van der Waals surface area contributed by atoms with Gasteiger partial charge in [0.1, 0.15) is 5.82 Å². The number of pyridine rings is 1. The molecule has 2 aromatic heterocycles. The van der Waals surface area contributed by atoms with E-state index in [1.807, 2.05) is 24.3 Å². The van der Waals surface area contributed by atoms with Gasteiger partial charge in [-0.1, -0.05) is 36.4 Å². The van der Waals surface area contributed by atoms with E-state index in [9.17, 15) is 4.39 Å². The van der Waals surface area contributed by atoms with E-state index in [4.69, 9.17) is 12.2 Å². The second-order valence-electron chi connectivity index (χ2n) is 8.37. The monoisotopic (exact) mass is 456 g/mol. The van der Waals surface area contributed by atoms with Crippen LogP contribution in [0.2, 0.25) is 0 Å². The lowest BCUT2D eigenvalue weighted by Gasteiger charge is -2.28. The third kappa shape index (κ3) is 4.02. The van der Waals surface area contributed by atoms with Crippen molar-refractivity contribution < 1.29 is 4.39 Å². The lowest BCUT2D eigenvalue weighted by molar-refractivity contribution is 0.563. The highest BCUT2D eigenvalue weighted by molar-refractivity contribution is 7.80. The van der Waals surface area contributed by atoms with E-state index in [0.717, 1.165) is 17.9 Å². The Hall–Kier alpha value is -3.51. The second kappa shape index (κ2) is 8.79. The summed E-state index contributed by atoms with van der Waals surface area (Å²) in [4.78, 5) is 6.71. The van der Waals surface area contributed by atoms with Gasteiger partial charge in [0.05, 0.1) is 17.8 Å². The van der Waals surface area contributed by atoms with Gasteiger partial charge < -0.3 is 14.8 Å². The molecular formula is C27H25FN4S. The molecular weight excluding hydrogens is 431 g/mol. The summed E-state index contributed by atoms with van der Waals surface area (Å²) in [6.45, 7) is 5.09. The highest BCUT2D eigenvalue weighted by atomic mass is 32.1. The molecule has 2 atom stereocenters. The predicted octanol–water partition coefficient (Wildman–Crippen LogP) is 5.86. The Balaban J connectivity index is 1.62. The molecule has 1 fully saturated rings. The minimum Gasteiger partial charge on any atom is -0.351 e. The first-order valence-corrected chi connectivity index (χ1v) is 11.4. The van der Waals surface area contributed by atoms with Crippen LogP contribution in [0.25, 0.3) is 0 Å². The number of aromatic nitrogens is 2. The summed E-state index contributed by atoms with van der Waals surface area (Å²) in [5.41, 5.74) is 6.56. The van der Waals surface area contributed by atoms with Gasteiger partial charge >= 0.3 is 0 Å². The van der Waals surface area contributed by atoms with Crippen molar-refractivity contribution in [2.24, 2.45) is 0 Å². The number of hydrogen-bond acceptors (Lipinski definition) is 2. The quantitative estimate of drug-likeness (QED) is 0.381. The smallest absolute Gasteiger partial charge is 0.174 e. The van der Waals surface area contributed by atoms with E-state index in [0.29, 0.717) is 5.11 Å². The molecule has 1 N–H and O–H groups in total. The maximum atomic E-state index is 13.7.